The number of anilines is 1. The molecule has 1 saturated heterocycles. The number of hydrogen-bond acceptors (Lipinski definition) is 3. The van der Waals surface area contributed by atoms with Gasteiger partial charge < -0.3 is 14.7 Å². The number of carbonyl (C=O) groups is 2. The predicted octanol–water partition coefficient (Wildman–Crippen LogP) is 1.13. The number of carbonyl (C=O) groups excluding carboxylic acids is 1. The Balaban J connectivity index is 2.17. The van der Waals surface area contributed by atoms with Crippen molar-refractivity contribution in [1.29, 1.82) is 0 Å². The highest BCUT2D eigenvalue weighted by atomic mass is 16.5. The molecule has 17 heavy (non-hydrogen) atoms. The van der Waals surface area contributed by atoms with Gasteiger partial charge in [0.25, 0.3) is 0 Å². The molecule has 1 aromatic carbocycles. The molecule has 5 nitrogen and oxygen atoms in total. The maximum absolute atomic E-state index is 11.7. The lowest BCUT2D eigenvalue weighted by atomic mass is 10.1. The third-order valence-electron chi connectivity index (χ3n) is 2.86. The monoisotopic (exact) mass is 235 g/mol. The molecule has 1 atom stereocenters. The summed E-state index contributed by atoms with van der Waals surface area (Å²) < 4.78 is 5.02. The second-order valence-corrected chi connectivity index (χ2v) is 3.94. The van der Waals surface area contributed by atoms with E-state index in [9.17, 15) is 9.59 Å². The molecule has 0 radical (unpaired) electrons. The van der Waals surface area contributed by atoms with E-state index in [-0.39, 0.29) is 18.9 Å². The maximum Gasteiger partial charge on any atom is 0.308 e. The number of carboxylic acids is 1. The molecule has 1 aliphatic rings. The fourth-order valence-electron chi connectivity index (χ4n) is 1.88. The number of ether oxygens (including phenoxy) is 1. The van der Waals surface area contributed by atoms with Crippen LogP contribution in [0.5, 0.6) is 5.75 Å². The molecular formula is C12H13NO4. The fraction of sp³-hybridized carbons (Fsp3) is 0.333. The van der Waals surface area contributed by atoms with Crippen molar-refractivity contribution in [3.8, 4) is 5.75 Å². The van der Waals surface area contributed by atoms with Crippen LogP contribution in [0.4, 0.5) is 5.69 Å². The Morgan fingerprint density at radius 1 is 1.41 bits per heavy atom. The summed E-state index contributed by atoms with van der Waals surface area (Å²) in [5.74, 6) is -0.975. The molecule has 1 aromatic rings. The molecule has 1 fully saturated rings. The molecule has 1 amide bonds. The Morgan fingerprint density at radius 3 is 2.53 bits per heavy atom. The molecule has 5 heteroatoms. The Bertz CT molecular complexity index is 440. The van der Waals surface area contributed by atoms with E-state index >= 15 is 0 Å². The minimum Gasteiger partial charge on any atom is -0.497 e. The standard InChI is InChI=1S/C12H13NO4/c1-17-10-4-2-9(3-5-10)13-7-8(12(15)16)6-11(13)14/h2-5,8H,6-7H2,1H3,(H,15,16)/t8-/m1/s1. The summed E-state index contributed by atoms with van der Waals surface area (Å²) >= 11 is 0. The minimum atomic E-state index is -0.922. The lowest BCUT2D eigenvalue weighted by molar-refractivity contribution is -0.141. The smallest absolute Gasteiger partial charge is 0.308 e. The van der Waals surface area contributed by atoms with Crippen LogP contribution in [0, 0.1) is 5.92 Å². The lowest BCUT2D eigenvalue weighted by Gasteiger charge is -2.16. The van der Waals surface area contributed by atoms with E-state index in [0.717, 1.165) is 0 Å². The fourth-order valence-corrected chi connectivity index (χ4v) is 1.88. The third kappa shape index (κ3) is 2.22. The number of methoxy groups -OCH3 is 1. The van der Waals surface area contributed by atoms with Gasteiger partial charge in [-0.3, -0.25) is 9.59 Å². The van der Waals surface area contributed by atoms with Crippen LogP contribution in [-0.2, 0) is 9.59 Å². The van der Waals surface area contributed by atoms with Crippen LogP contribution in [0.15, 0.2) is 24.3 Å². The first-order valence-corrected chi connectivity index (χ1v) is 5.29. The molecule has 0 aliphatic carbocycles. The van der Waals surface area contributed by atoms with Gasteiger partial charge in [0.2, 0.25) is 5.91 Å². The van der Waals surface area contributed by atoms with Crippen LogP contribution in [-0.4, -0.2) is 30.6 Å². The number of amides is 1. The molecule has 0 saturated carbocycles. The van der Waals surface area contributed by atoms with Gasteiger partial charge >= 0.3 is 5.97 Å². The zero-order chi connectivity index (χ0) is 12.4. The summed E-state index contributed by atoms with van der Waals surface area (Å²) in [6, 6.07) is 7.00. The van der Waals surface area contributed by atoms with Crippen LogP contribution in [0.1, 0.15) is 6.42 Å². The number of carboxylic acid groups (broad SMARTS) is 1. The molecule has 2 rings (SSSR count). The van der Waals surface area contributed by atoms with E-state index in [1.54, 1.807) is 31.4 Å². The number of rotatable bonds is 3. The molecule has 1 heterocycles. The highest BCUT2D eigenvalue weighted by Gasteiger charge is 2.34. The van der Waals surface area contributed by atoms with Crippen LogP contribution in [0.3, 0.4) is 0 Å². The average Bonchev–Trinajstić information content (AvgIpc) is 2.72. The predicted molar refractivity (Wildman–Crippen MR) is 61.1 cm³/mol. The average molecular weight is 235 g/mol. The molecule has 0 spiro atoms. The van der Waals surface area contributed by atoms with Crippen molar-refractivity contribution in [1.82, 2.24) is 0 Å². The van der Waals surface area contributed by atoms with E-state index in [0.29, 0.717) is 11.4 Å². The van der Waals surface area contributed by atoms with E-state index < -0.39 is 11.9 Å². The van der Waals surface area contributed by atoms with Crippen molar-refractivity contribution < 1.29 is 19.4 Å². The molecule has 90 valence electrons. The zero-order valence-electron chi connectivity index (χ0n) is 9.42. The lowest BCUT2D eigenvalue weighted by Crippen LogP contribution is -2.25. The van der Waals surface area contributed by atoms with Crippen molar-refractivity contribution in [3.63, 3.8) is 0 Å². The van der Waals surface area contributed by atoms with Gasteiger partial charge in [0.15, 0.2) is 0 Å². The summed E-state index contributed by atoms with van der Waals surface area (Å²) in [6.45, 7) is 0.237. The first kappa shape index (κ1) is 11.4. The topological polar surface area (TPSA) is 66.8 Å². The molecule has 0 bridgehead atoms. The Hall–Kier alpha value is -2.04. The second-order valence-electron chi connectivity index (χ2n) is 3.94. The Labute approximate surface area is 98.6 Å². The molecule has 0 unspecified atom stereocenters. The van der Waals surface area contributed by atoms with Crippen LogP contribution < -0.4 is 9.64 Å². The summed E-state index contributed by atoms with van der Waals surface area (Å²) in [6.07, 6.45) is 0.0708. The van der Waals surface area contributed by atoms with Crippen LogP contribution in [0.25, 0.3) is 0 Å². The first-order chi connectivity index (χ1) is 8.11. The summed E-state index contributed by atoms with van der Waals surface area (Å²) in [5, 5.41) is 8.88. The van der Waals surface area contributed by atoms with Crippen molar-refractivity contribution in [3.05, 3.63) is 24.3 Å². The molecule has 1 aliphatic heterocycles. The summed E-state index contributed by atoms with van der Waals surface area (Å²) in [4.78, 5) is 24.0. The third-order valence-corrected chi connectivity index (χ3v) is 2.86. The highest BCUT2D eigenvalue weighted by molar-refractivity contribution is 5.99. The van der Waals surface area contributed by atoms with Gasteiger partial charge in [-0.25, -0.2) is 0 Å². The summed E-state index contributed by atoms with van der Waals surface area (Å²) in [5.41, 5.74) is 0.708. The SMILES string of the molecule is COc1ccc(N2C[C@H](C(=O)O)CC2=O)cc1. The maximum atomic E-state index is 11.7. The molecule has 1 N–H and O–H groups in total. The number of benzene rings is 1. The van der Waals surface area contributed by atoms with E-state index in [2.05, 4.69) is 0 Å². The van der Waals surface area contributed by atoms with E-state index in [4.69, 9.17) is 9.84 Å². The van der Waals surface area contributed by atoms with Crippen LogP contribution in [0.2, 0.25) is 0 Å². The van der Waals surface area contributed by atoms with Gasteiger partial charge in [-0.05, 0) is 24.3 Å². The molecular weight excluding hydrogens is 222 g/mol. The Morgan fingerprint density at radius 2 is 2.06 bits per heavy atom. The largest absolute Gasteiger partial charge is 0.497 e. The highest BCUT2D eigenvalue weighted by Crippen LogP contribution is 2.26. The van der Waals surface area contributed by atoms with Gasteiger partial charge in [-0.1, -0.05) is 0 Å². The normalized spacial score (nSPS) is 19.5. The van der Waals surface area contributed by atoms with Crippen LogP contribution >= 0.6 is 0 Å². The van der Waals surface area contributed by atoms with Gasteiger partial charge in [-0.15, -0.1) is 0 Å². The van der Waals surface area contributed by atoms with E-state index in [1.165, 1.54) is 4.90 Å². The Kier molecular flexibility index (Phi) is 2.99. The number of nitrogens with zero attached hydrogens (tertiary/aromatic N) is 1. The van der Waals surface area contributed by atoms with Crippen molar-refractivity contribution in [2.75, 3.05) is 18.6 Å². The first-order valence-electron chi connectivity index (χ1n) is 5.29. The molecule has 0 aromatic heterocycles. The number of aliphatic carboxylic acids is 1. The van der Waals surface area contributed by atoms with Gasteiger partial charge in [0.05, 0.1) is 13.0 Å². The van der Waals surface area contributed by atoms with Crippen molar-refractivity contribution >= 4 is 17.6 Å². The van der Waals surface area contributed by atoms with E-state index in [1.807, 2.05) is 0 Å². The van der Waals surface area contributed by atoms with Crippen molar-refractivity contribution in [2.45, 2.75) is 6.42 Å². The second kappa shape index (κ2) is 4.45. The van der Waals surface area contributed by atoms with Gasteiger partial charge in [0.1, 0.15) is 5.75 Å². The zero-order valence-corrected chi connectivity index (χ0v) is 9.42. The quantitative estimate of drug-likeness (QED) is 0.852. The minimum absolute atomic E-state index is 0.0708. The van der Waals surface area contributed by atoms with Gasteiger partial charge in [0, 0.05) is 18.7 Å². The summed E-state index contributed by atoms with van der Waals surface area (Å²) in [7, 11) is 1.57. The number of hydrogen-bond donors (Lipinski definition) is 1. The van der Waals surface area contributed by atoms with Gasteiger partial charge in [-0.2, -0.15) is 0 Å². The van der Waals surface area contributed by atoms with Crippen molar-refractivity contribution in [2.24, 2.45) is 5.92 Å².